The molecule has 3 nitrogen and oxygen atoms in total. The molecule has 1 N–H and O–H groups in total. The zero-order chi connectivity index (χ0) is 13.1. The average Bonchev–Trinajstić information content (AvgIpc) is 2.63. The van der Waals surface area contributed by atoms with E-state index in [-0.39, 0.29) is 5.82 Å². The number of nitrogens with one attached hydrogen (secondary N) is 1. The lowest BCUT2D eigenvalue weighted by atomic mass is 10.1. The first-order valence-corrected chi connectivity index (χ1v) is 5.95. The molecule has 4 heteroatoms. The summed E-state index contributed by atoms with van der Waals surface area (Å²) in [7, 11) is 0. The van der Waals surface area contributed by atoms with E-state index in [0.29, 0.717) is 24.5 Å². The van der Waals surface area contributed by atoms with E-state index in [4.69, 9.17) is 4.42 Å². The topological polar surface area (TPSA) is 38.1 Å². The molecule has 1 heterocycles. The third-order valence-corrected chi connectivity index (χ3v) is 2.91. The number of aryl methyl sites for hydroxylation is 3. The van der Waals surface area contributed by atoms with Gasteiger partial charge in [0.2, 0.25) is 5.89 Å². The Hall–Kier alpha value is -1.68. The van der Waals surface area contributed by atoms with E-state index in [9.17, 15) is 4.39 Å². The minimum atomic E-state index is -0.169. The number of halogens is 1. The molecule has 0 atom stereocenters. The van der Waals surface area contributed by atoms with Crippen LogP contribution in [0.5, 0.6) is 0 Å². The molecule has 1 aromatic heterocycles. The van der Waals surface area contributed by atoms with Crippen LogP contribution in [0.25, 0.3) is 0 Å². The lowest BCUT2D eigenvalue weighted by Gasteiger charge is -2.04. The van der Waals surface area contributed by atoms with Crippen LogP contribution in [0.4, 0.5) is 4.39 Å². The highest BCUT2D eigenvalue weighted by Crippen LogP contribution is 2.10. The lowest BCUT2D eigenvalue weighted by Crippen LogP contribution is -2.13. The van der Waals surface area contributed by atoms with E-state index in [0.717, 1.165) is 17.0 Å². The molecular formula is C14H17FN2O. The summed E-state index contributed by atoms with van der Waals surface area (Å²) >= 11 is 0. The minimum absolute atomic E-state index is 0.169. The lowest BCUT2D eigenvalue weighted by molar-refractivity contribution is 0.448. The Morgan fingerprint density at radius 2 is 2.00 bits per heavy atom. The van der Waals surface area contributed by atoms with Crippen molar-refractivity contribution < 1.29 is 8.81 Å². The number of hydrogen-bond acceptors (Lipinski definition) is 3. The molecule has 1 aromatic carbocycles. The average molecular weight is 248 g/mol. The summed E-state index contributed by atoms with van der Waals surface area (Å²) in [6.45, 7) is 6.70. The fraction of sp³-hybridized carbons (Fsp3) is 0.357. The zero-order valence-corrected chi connectivity index (χ0v) is 10.9. The summed E-state index contributed by atoms with van der Waals surface area (Å²) < 4.78 is 18.8. The second kappa shape index (κ2) is 5.31. The van der Waals surface area contributed by atoms with Crippen molar-refractivity contribution in [2.45, 2.75) is 33.9 Å². The minimum Gasteiger partial charge on any atom is -0.444 e. The zero-order valence-electron chi connectivity index (χ0n) is 10.9. The van der Waals surface area contributed by atoms with Crippen molar-refractivity contribution in [2.24, 2.45) is 0 Å². The van der Waals surface area contributed by atoms with Gasteiger partial charge in [0.15, 0.2) is 0 Å². The molecule has 0 aliphatic heterocycles. The Morgan fingerprint density at radius 1 is 1.22 bits per heavy atom. The van der Waals surface area contributed by atoms with Gasteiger partial charge in [-0.15, -0.1) is 0 Å². The van der Waals surface area contributed by atoms with Crippen LogP contribution in [0.1, 0.15) is 28.5 Å². The van der Waals surface area contributed by atoms with Crippen LogP contribution in [0.3, 0.4) is 0 Å². The predicted molar refractivity (Wildman–Crippen MR) is 67.7 cm³/mol. The van der Waals surface area contributed by atoms with Crippen LogP contribution in [0, 0.1) is 26.6 Å². The van der Waals surface area contributed by atoms with Crippen LogP contribution >= 0.6 is 0 Å². The highest BCUT2D eigenvalue weighted by molar-refractivity contribution is 5.23. The number of oxazole rings is 1. The molecule has 0 saturated heterocycles. The van der Waals surface area contributed by atoms with Gasteiger partial charge in [-0.25, -0.2) is 9.37 Å². The van der Waals surface area contributed by atoms with Gasteiger partial charge in [0.1, 0.15) is 11.6 Å². The smallest absolute Gasteiger partial charge is 0.208 e. The summed E-state index contributed by atoms with van der Waals surface area (Å²) in [5, 5.41) is 3.18. The van der Waals surface area contributed by atoms with Crippen molar-refractivity contribution in [3.8, 4) is 0 Å². The van der Waals surface area contributed by atoms with Gasteiger partial charge in [-0.2, -0.15) is 0 Å². The Labute approximate surface area is 106 Å². The largest absolute Gasteiger partial charge is 0.444 e. The van der Waals surface area contributed by atoms with Crippen LogP contribution < -0.4 is 5.32 Å². The van der Waals surface area contributed by atoms with Crippen LogP contribution in [-0.4, -0.2) is 4.98 Å². The van der Waals surface area contributed by atoms with Crippen LogP contribution in [0.2, 0.25) is 0 Å². The van der Waals surface area contributed by atoms with Crippen molar-refractivity contribution in [3.05, 3.63) is 52.5 Å². The maximum atomic E-state index is 13.3. The SMILES string of the molecule is Cc1ccc(CNCc2nc(C)c(C)o2)cc1F. The van der Waals surface area contributed by atoms with Gasteiger partial charge < -0.3 is 9.73 Å². The van der Waals surface area contributed by atoms with E-state index >= 15 is 0 Å². The van der Waals surface area contributed by atoms with Crippen molar-refractivity contribution in [1.82, 2.24) is 10.3 Å². The molecule has 0 spiro atoms. The quantitative estimate of drug-likeness (QED) is 0.903. The van der Waals surface area contributed by atoms with Gasteiger partial charge in [-0.1, -0.05) is 12.1 Å². The Balaban J connectivity index is 1.90. The maximum Gasteiger partial charge on any atom is 0.208 e. The fourth-order valence-corrected chi connectivity index (χ4v) is 1.67. The molecule has 0 saturated carbocycles. The number of aromatic nitrogens is 1. The fourth-order valence-electron chi connectivity index (χ4n) is 1.67. The highest BCUT2D eigenvalue weighted by atomic mass is 19.1. The third-order valence-electron chi connectivity index (χ3n) is 2.91. The number of rotatable bonds is 4. The Kier molecular flexibility index (Phi) is 3.77. The van der Waals surface area contributed by atoms with Crippen molar-refractivity contribution in [2.75, 3.05) is 0 Å². The molecule has 0 amide bonds. The van der Waals surface area contributed by atoms with E-state index < -0.39 is 0 Å². The van der Waals surface area contributed by atoms with Crippen LogP contribution in [0.15, 0.2) is 22.6 Å². The van der Waals surface area contributed by atoms with Gasteiger partial charge in [-0.05, 0) is 38.0 Å². The van der Waals surface area contributed by atoms with Crippen LogP contribution in [-0.2, 0) is 13.1 Å². The number of hydrogen-bond donors (Lipinski definition) is 1. The standard InChI is InChI=1S/C14H17FN2O/c1-9-4-5-12(6-13(9)15)7-16-8-14-17-10(2)11(3)18-14/h4-6,16H,7-8H2,1-3H3. The molecule has 0 aliphatic rings. The van der Waals surface area contributed by atoms with Gasteiger partial charge in [0, 0.05) is 6.54 Å². The molecule has 0 fully saturated rings. The molecule has 0 aliphatic carbocycles. The molecule has 0 unspecified atom stereocenters. The van der Waals surface area contributed by atoms with Gasteiger partial charge in [0.25, 0.3) is 0 Å². The monoisotopic (exact) mass is 248 g/mol. The number of benzene rings is 1. The molecule has 2 aromatic rings. The molecule has 0 radical (unpaired) electrons. The third kappa shape index (κ3) is 2.96. The Bertz CT molecular complexity index is 529. The first-order valence-electron chi connectivity index (χ1n) is 5.95. The molecule has 0 bridgehead atoms. The van der Waals surface area contributed by atoms with E-state index in [1.54, 1.807) is 19.1 Å². The number of nitrogens with zero attached hydrogens (tertiary/aromatic N) is 1. The van der Waals surface area contributed by atoms with Crippen molar-refractivity contribution in [3.63, 3.8) is 0 Å². The summed E-state index contributed by atoms with van der Waals surface area (Å²) in [6, 6.07) is 5.25. The first-order chi connectivity index (χ1) is 8.56. The molecule has 96 valence electrons. The van der Waals surface area contributed by atoms with Gasteiger partial charge in [0.05, 0.1) is 12.2 Å². The summed E-state index contributed by atoms with van der Waals surface area (Å²) in [6.07, 6.45) is 0. The normalized spacial score (nSPS) is 10.9. The van der Waals surface area contributed by atoms with Gasteiger partial charge >= 0.3 is 0 Å². The highest BCUT2D eigenvalue weighted by Gasteiger charge is 2.05. The van der Waals surface area contributed by atoms with Gasteiger partial charge in [-0.3, -0.25) is 0 Å². The molecular weight excluding hydrogens is 231 g/mol. The summed E-state index contributed by atoms with van der Waals surface area (Å²) in [5.41, 5.74) is 2.49. The molecule has 2 rings (SSSR count). The Morgan fingerprint density at radius 3 is 2.61 bits per heavy atom. The summed E-state index contributed by atoms with van der Waals surface area (Å²) in [4.78, 5) is 4.27. The second-order valence-electron chi connectivity index (χ2n) is 4.44. The van der Waals surface area contributed by atoms with Crippen molar-refractivity contribution >= 4 is 0 Å². The van der Waals surface area contributed by atoms with E-state index in [1.165, 1.54) is 0 Å². The van der Waals surface area contributed by atoms with E-state index in [1.807, 2.05) is 19.9 Å². The van der Waals surface area contributed by atoms with Crippen molar-refractivity contribution in [1.29, 1.82) is 0 Å². The summed E-state index contributed by atoms with van der Waals surface area (Å²) in [5.74, 6) is 1.34. The first kappa shape index (κ1) is 12.8. The molecule has 18 heavy (non-hydrogen) atoms. The van der Waals surface area contributed by atoms with E-state index in [2.05, 4.69) is 10.3 Å². The maximum absolute atomic E-state index is 13.3. The second-order valence-corrected chi connectivity index (χ2v) is 4.44. The predicted octanol–water partition coefficient (Wildman–Crippen LogP) is 3.03.